The van der Waals surface area contributed by atoms with Gasteiger partial charge in [-0.3, -0.25) is 0 Å². The van der Waals surface area contributed by atoms with Gasteiger partial charge >= 0.3 is 0 Å². The molecule has 2 atom stereocenters. The first-order valence-corrected chi connectivity index (χ1v) is 7.16. The molecule has 2 heteroatoms. The average Bonchev–Trinajstić information content (AvgIpc) is 2.76. The summed E-state index contributed by atoms with van der Waals surface area (Å²) in [5.41, 5.74) is 1.34. The van der Waals surface area contributed by atoms with E-state index < -0.39 is 11.1 Å². The van der Waals surface area contributed by atoms with Gasteiger partial charge in [-0.1, -0.05) is 60.7 Å². The maximum absolute atomic E-state index is 13.1. The zero-order valence-electron chi connectivity index (χ0n) is 12.0. The normalized spacial score (nSPS) is 30.6. The first-order valence-electron chi connectivity index (χ1n) is 7.16. The lowest BCUT2D eigenvalue weighted by molar-refractivity contribution is -0.260. The Labute approximate surface area is 120 Å². The van der Waals surface area contributed by atoms with Crippen LogP contribution in [-0.4, -0.2) is 5.06 Å². The van der Waals surface area contributed by atoms with Crippen molar-refractivity contribution in [2.24, 2.45) is 0 Å². The molecule has 1 saturated heterocycles. The van der Waals surface area contributed by atoms with Crippen LogP contribution < -0.4 is 0 Å². The fourth-order valence-electron chi connectivity index (χ4n) is 3.35. The fourth-order valence-corrected chi connectivity index (χ4v) is 3.35. The van der Waals surface area contributed by atoms with Crippen LogP contribution in [0.3, 0.4) is 0 Å². The lowest BCUT2D eigenvalue weighted by Crippen LogP contribution is -2.44. The maximum atomic E-state index is 13.1. The van der Waals surface area contributed by atoms with E-state index in [0.29, 0.717) is 0 Å². The Morgan fingerprint density at radius 1 is 0.750 bits per heavy atom. The second kappa shape index (κ2) is 4.72. The van der Waals surface area contributed by atoms with E-state index in [0.717, 1.165) is 24.0 Å². The third kappa shape index (κ3) is 1.88. The zero-order chi connectivity index (χ0) is 14.2. The van der Waals surface area contributed by atoms with Gasteiger partial charge in [0.1, 0.15) is 0 Å². The third-order valence-electron chi connectivity index (χ3n) is 4.79. The van der Waals surface area contributed by atoms with Gasteiger partial charge in [0.15, 0.2) is 0 Å². The molecule has 1 radical (unpaired) electrons. The minimum absolute atomic E-state index is 0.439. The van der Waals surface area contributed by atoms with Crippen molar-refractivity contribution in [2.45, 2.75) is 37.8 Å². The molecular formula is C18H20NO. The first kappa shape index (κ1) is 13.3. The van der Waals surface area contributed by atoms with Gasteiger partial charge in [-0.25, -0.2) is 0 Å². The molecule has 1 aliphatic rings. The Morgan fingerprint density at radius 3 is 1.45 bits per heavy atom. The molecule has 2 aromatic rings. The average molecular weight is 266 g/mol. The van der Waals surface area contributed by atoms with Crippen LogP contribution in [0.5, 0.6) is 0 Å². The predicted molar refractivity (Wildman–Crippen MR) is 79.3 cm³/mol. The Bertz CT molecular complexity index is 529. The molecule has 20 heavy (non-hydrogen) atoms. The molecule has 0 unspecified atom stereocenters. The number of benzene rings is 2. The number of hydrogen-bond donors (Lipinski definition) is 0. The van der Waals surface area contributed by atoms with Gasteiger partial charge in [-0.15, -0.1) is 10.3 Å². The zero-order valence-corrected chi connectivity index (χ0v) is 12.0. The molecule has 1 aliphatic heterocycles. The van der Waals surface area contributed by atoms with Crippen molar-refractivity contribution in [2.75, 3.05) is 0 Å². The van der Waals surface area contributed by atoms with E-state index in [1.54, 1.807) is 0 Å². The second-order valence-corrected chi connectivity index (χ2v) is 6.07. The molecule has 1 heterocycles. The van der Waals surface area contributed by atoms with Crippen LogP contribution in [0.2, 0.25) is 0 Å². The van der Waals surface area contributed by atoms with E-state index in [4.69, 9.17) is 0 Å². The predicted octanol–water partition coefficient (Wildman–Crippen LogP) is 4.26. The van der Waals surface area contributed by atoms with Crippen LogP contribution in [0.15, 0.2) is 60.7 Å². The van der Waals surface area contributed by atoms with Crippen molar-refractivity contribution in [3.05, 3.63) is 71.8 Å². The Hall–Kier alpha value is -1.64. The smallest absolute Gasteiger partial charge is 0.0724 e. The van der Waals surface area contributed by atoms with Gasteiger partial charge in [-0.05, 0) is 37.8 Å². The summed E-state index contributed by atoms with van der Waals surface area (Å²) in [4.78, 5) is 0. The lowest BCUT2D eigenvalue weighted by atomic mass is 9.89. The van der Waals surface area contributed by atoms with Gasteiger partial charge in [-0.2, -0.15) is 0 Å². The van der Waals surface area contributed by atoms with Gasteiger partial charge in [0, 0.05) is 0 Å². The Morgan fingerprint density at radius 2 is 1.10 bits per heavy atom. The number of hydrogen-bond acceptors (Lipinski definition) is 1. The van der Waals surface area contributed by atoms with Crippen molar-refractivity contribution in [3.63, 3.8) is 0 Å². The highest BCUT2D eigenvalue weighted by molar-refractivity contribution is 5.31. The summed E-state index contributed by atoms with van der Waals surface area (Å²) in [5.74, 6) is 0. The minimum Gasteiger partial charge on any atom is -0.135 e. The highest BCUT2D eigenvalue weighted by Crippen LogP contribution is 2.50. The molecule has 1 fully saturated rings. The summed E-state index contributed by atoms with van der Waals surface area (Å²) in [7, 11) is 0. The molecule has 0 spiro atoms. The summed E-state index contributed by atoms with van der Waals surface area (Å²) in [5, 5.41) is 14.4. The molecule has 2 nitrogen and oxygen atoms in total. The van der Waals surface area contributed by atoms with E-state index in [-0.39, 0.29) is 0 Å². The van der Waals surface area contributed by atoms with Crippen molar-refractivity contribution in [1.82, 2.24) is 5.06 Å². The van der Waals surface area contributed by atoms with Crippen LogP contribution in [0.4, 0.5) is 0 Å². The standard InChI is InChI=1S/C18H20NO/c1-17(15-9-5-3-6-10-15)13-14-18(2,19(17)20)16-11-7-4-8-12-16/h3-12H,13-14H2,1-2H3/t17-,18-/m1/s1. The van der Waals surface area contributed by atoms with Crippen LogP contribution in [0.1, 0.15) is 37.8 Å². The third-order valence-corrected chi connectivity index (χ3v) is 4.79. The van der Waals surface area contributed by atoms with Crippen molar-refractivity contribution in [3.8, 4) is 0 Å². The highest BCUT2D eigenvalue weighted by Gasteiger charge is 2.52. The Balaban J connectivity index is 2.01. The molecule has 0 aliphatic carbocycles. The SMILES string of the molecule is C[C@]1(c2ccccc2)CC[C@](C)(c2ccccc2)N1[O]. The molecule has 0 bridgehead atoms. The van der Waals surface area contributed by atoms with Crippen molar-refractivity contribution < 1.29 is 5.21 Å². The largest absolute Gasteiger partial charge is 0.135 e. The maximum Gasteiger partial charge on any atom is 0.0724 e. The summed E-state index contributed by atoms with van der Waals surface area (Å²) >= 11 is 0. The van der Waals surface area contributed by atoms with Gasteiger partial charge in [0.2, 0.25) is 0 Å². The molecule has 2 aromatic carbocycles. The molecule has 0 saturated carbocycles. The minimum atomic E-state index is -0.439. The summed E-state index contributed by atoms with van der Waals surface area (Å²) < 4.78 is 0. The van der Waals surface area contributed by atoms with Crippen molar-refractivity contribution in [1.29, 1.82) is 0 Å². The quantitative estimate of drug-likeness (QED) is 0.796. The molecular weight excluding hydrogens is 246 g/mol. The first-order chi connectivity index (χ1) is 9.57. The van der Waals surface area contributed by atoms with E-state index in [1.165, 1.54) is 5.06 Å². The van der Waals surface area contributed by atoms with Crippen LogP contribution in [-0.2, 0) is 16.3 Å². The molecule has 0 aromatic heterocycles. The highest BCUT2D eigenvalue weighted by atomic mass is 16.5. The van der Waals surface area contributed by atoms with Gasteiger partial charge < -0.3 is 0 Å². The Kier molecular flexibility index (Phi) is 3.15. The van der Waals surface area contributed by atoms with Crippen LogP contribution >= 0.6 is 0 Å². The lowest BCUT2D eigenvalue weighted by Gasteiger charge is -2.37. The van der Waals surface area contributed by atoms with Gasteiger partial charge in [0.25, 0.3) is 0 Å². The summed E-state index contributed by atoms with van der Waals surface area (Å²) in [6.45, 7) is 4.12. The molecule has 0 amide bonds. The van der Waals surface area contributed by atoms with Crippen LogP contribution in [0, 0.1) is 0 Å². The number of rotatable bonds is 2. The van der Waals surface area contributed by atoms with Gasteiger partial charge in [0.05, 0.1) is 11.1 Å². The summed E-state index contributed by atoms with van der Waals surface area (Å²) in [6, 6.07) is 20.2. The molecule has 103 valence electrons. The van der Waals surface area contributed by atoms with E-state index in [9.17, 15) is 5.21 Å². The topological polar surface area (TPSA) is 23.1 Å². The second-order valence-electron chi connectivity index (χ2n) is 6.07. The monoisotopic (exact) mass is 266 g/mol. The summed E-state index contributed by atoms with van der Waals surface area (Å²) in [6.07, 6.45) is 1.76. The van der Waals surface area contributed by atoms with E-state index >= 15 is 0 Å². The van der Waals surface area contributed by atoms with E-state index in [1.807, 2.05) is 36.4 Å². The van der Waals surface area contributed by atoms with E-state index in [2.05, 4.69) is 38.1 Å². The number of hydroxylamine groups is 2. The van der Waals surface area contributed by atoms with Crippen LogP contribution in [0.25, 0.3) is 0 Å². The molecule has 3 rings (SSSR count). The molecule has 0 N–H and O–H groups in total. The number of nitrogens with zero attached hydrogens (tertiary/aromatic N) is 1. The van der Waals surface area contributed by atoms with Crippen molar-refractivity contribution >= 4 is 0 Å². The fraction of sp³-hybridized carbons (Fsp3) is 0.333.